The molecule has 0 bridgehead atoms. The van der Waals surface area contributed by atoms with Crippen molar-refractivity contribution >= 4 is 32.3 Å². The largest absolute Gasteiger partial charge is 0.0619 e. The summed E-state index contributed by atoms with van der Waals surface area (Å²) in [7, 11) is 0. The van der Waals surface area contributed by atoms with Crippen LogP contribution in [0.2, 0.25) is 0 Å². The Hall–Kier alpha value is -5.46. The molecule has 0 aromatic heterocycles. The highest BCUT2D eigenvalue weighted by molar-refractivity contribution is 6.22. The van der Waals surface area contributed by atoms with Crippen LogP contribution in [0.5, 0.6) is 0 Å². The van der Waals surface area contributed by atoms with Crippen LogP contribution in [0.3, 0.4) is 0 Å². The van der Waals surface area contributed by atoms with Crippen LogP contribution in [0.15, 0.2) is 158 Å². The monoisotopic (exact) mass is 544 g/mol. The summed E-state index contributed by atoms with van der Waals surface area (Å²) in [5, 5.41) is 7.72. The molecular formula is C43H28. The van der Waals surface area contributed by atoms with Crippen molar-refractivity contribution in [1.82, 2.24) is 0 Å². The number of hydrogen-bond acceptors (Lipinski definition) is 0. The zero-order valence-corrected chi connectivity index (χ0v) is 23.7. The predicted octanol–water partition coefficient (Wildman–Crippen LogP) is 11.7. The van der Waals surface area contributed by atoms with Gasteiger partial charge in [0.25, 0.3) is 0 Å². The maximum Gasteiger partial charge on any atom is -0.000728 e. The molecule has 1 aliphatic carbocycles. The minimum atomic E-state index is 0.972. The van der Waals surface area contributed by atoms with Crippen molar-refractivity contribution < 1.29 is 0 Å². The lowest BCUT2D eigenvalue weighted by molar-refractivity contribution is 1.27. The van der Waals surface area contributed by atoms with Crippen LogP contribution in [0.1, 0.15) is 11.1 Å². The average Bonchev–Trinajstić information content (AvgIpc) is 3.46. The van der Waals surface area contributed by atoms with Crippen LogP contribution in [0, 0.1) is 0 Å². The molecule has 0 amide bonds. The third-order valence-electron chi connectivity index (χ3n) is 9.29. The summed E-state index contributed by atoms with van der Waals surface area (Å²) in [5.74, 6) is 0. The van der Waals surface area contributed by atoms with Gasteiger partial charge in [0.15, 0.2) is 0 Å². The molecule has 0 atom stereocenters. The van der Waals surface area contributed by atoms with Crippen LogP contribution < -0.4 is 0 Å². The molecule has 0 aliphatic heterocycles. The minimum absolute atomic E-state index is 0.972. The zero-order chi connectivity index (χ0) is 28.3. The van der Waals surface area contributed by atoms with Gasteiger partial charge < -0.3 is 0 Å². The van der Waals surface area contributed by atoms with Crippen LogP contribution in [0.25, 0.3) is 76.8 Å². The van der Waals surface area contributed by atoms with Crippen molar-refractivity contribution in [3.63, 3.8) is 0 Å². The summed E-state index contributed by atoms with van der Waals surface area (Å²) in [5.41, 5.74) is 13.3. The third-order valence-corrected chi connectivity index (χ3v) is 9.29. The van der Waals surface area contributed by atoms with E-state index in [1.54, 1.807) is 0 Å². The standard InChI is InChI=1S/C43H28/c1-2-12-29-25-31(24-23-28(29)11-1)30-14-9-15-33(26-30)42-36-17-5-7-19-38(36)43(39-20-8-6-18-37(39)42)40-22-10-21-35-34-16-4-3-13-32(34)27-41(35)40/h1-26H,27H2. The predicted molar refractivity (Wildman–Crippen MR) is 184 cm³/mol. The molecule has 200 valence electrons. The Kier molecular flexibility index (Phi) is 5.36. The maximum atomic E-state index is 2.37. The van der Waals surface area contributed by atoms with Gasteiger partial charge in [-0.1, -0.05) is 146 Å². The molecule has 8 aromatic carbocycles. The summed E-state index contributed by atoms with van der Waals surface area (Å²) in [6, 6.07) is 58.2. The van der Waals surface area contributed by atoms with E-state index in [-0.39, 0.29) is 0 Å². The summed E-state index contributed by atoms with van der Waals surface area (Å²) >= 11 is 0. The van der Waals surface area contributed by atoms with E-state index in [1.807, 2.05) is 0 Å². The highest BCUT2D eigenvalue weighted by Crippen LogP contribution is 2.48. The fourth-order valence-electron chi connectivity index (χ4n) is 7.34. The van der Waals surface area contributed by atoms with Gasteiger partial charge >= 0.3 is 0 Å². The molecule has 9 rings (SSSR count). The van der Waals surface area contributed by atoms with Gasteiger partial charge in [-0.25, -0.2) is 0 Å². The van der Waals surface area contributed by atoms with Gasteiger partial charge in [-0.15, -0.1) is 0 Å². The molecule has 43 heavy (non-hydrogen) atoms. The highest BCUT2D eigenvalue weighted by atomic mass is 14.3. The van der Waals surface area contributed by atoms with E-state index in [0.29, 0.717) is 0 Å². The third kappa shape index (κ3) is 3.77. The molecule has 0 heteroatoms. The molecule has 0 nitrogen and oxygen atoms in total. The van der Waals surface area contributed by atoms with Crippen molar-refractivity contribution in [3.8, 4) is 44.5 Å². The summed E-state index contributed by atoms with van der Waals surface area (Å²) in [6.45, 7) is 0. The first kappa shape index (κ1) is 24.2. The highest BCUT2D eigenvalue weighted by Gasteiger charge is 2.24. The van der Waals surface area contributed by atoms with Gasteiger partial charge in [0.1, 0.15) is 0 Å². The molecule has 1 aliphatic rings. The number of fused-ring (bicyclic) bond motifs is 6. The van der Waals surface area contributed by atoms with E-state index in [2.05, 4.69) is 158 Å². The lowest BCUT2D eigenvalue weighted by Gasteiger charge is -2.20. The summed E-state index contributed by atoms with van der Waals surface area (Å²) in [4.78, 5) is 0. The van der Waals surface area contributed by atoms with Crippen LogP contribution in [0.4, 0.5) is 0 Å². The Morgan fingerprint density at radius 1 is 0.326 bits per heavy atom. The number of benzene rings is 8. The van der Waals surface area contributed by atoms with Crippen LogP contribution in [-0.2, 0) is 6.42 Å². The molecule has 8 aromatic rings. The second kappa shape index (κ2) is 9.54. The van der Waals surface area contributed by atoms with Crippen molar-refractivity contribution in [2.24, 2.45) is 0 Å². The topological polar surface area (TPSA) is 0 Å². The fourth-order valence-corrected chi connectivity index (χ4v) is 7.34. The Labute approximate surface area is 251 Å². The fraction of sp³-hybridized carbons (Fsp3) is 0.0233. The van der Waals surface area contributed by atoms with E-state index < -0.39 is 0 Å². The first-order valence-electron chi connectivity index (χ1n) is 15.1. The smallest absolute Gasteiger partial charge is 0.000728 e. The molecule has 0 saturated carbocycles. The first-order valence-corrected chi connectivity index (χ1v) is 15.1. The first-order chi connectivity index (χ1) is 21.3. The van der Waals surface area contributed by atoms with E-state index in [0.717, 1.165) is 6.42 Å². The van der Waals surface area contributed by atoms with Gasteiger partial charge in [0, 0.05) is 0 Å². The lowest BCUT2D eigenvalue weighted by atomic mass is 9.83. The van der Waals surface area contributed by atoms with Gasteiger partial charge in [-0.05, 0) is 107 Å². The van der Waals surface area contributed by atoms with Crippen molar-refractivity contribution in [1.29, 1.82) is 0 Å². The van der Waals surface area contributed by atoms with E-state index in [9.17, 15) is 0 Å². The zero-order valence-electron chi connectivity index (χ0n) is 23.7. The molecular weight excluding hydrogens is 516 g/mol. The van der Waals surface area contributed by atoms with Crippen LogP contribution >= 0.6 is 0 Å². The van der Waals surface area contributed by atoms with Gasteiger partial charge in [0.05, 0.1) is 0 Å². The molecule has 0 radical (unpaired) electrons. The Morgan fingerprint density at radius 2 is 0.884 bits per heavy atom. The molecule has 0 saturated heterocycles. The second-order valence-corrected chi connectivity index (χ2v) is 11.6. The quantitative estimate of drug-likeness (QED) is 0.194. The minimum Gasteiger partial charge on any atom is -0.0619 e. The van der Waals surface area contributed by atoms with Gasteiger partial charge in [0.2, 0.25) is 0 Å². The normalized spacial score (nSPS) is 12.1. The molecule has 0 N–H and O–H groups in total. The van der Waals surface area contributed by atoms with Crippen molar-refractivity contribution in [2.45, 2.75) is 6.42 Å². The van der Waals surface area contributed by atoms with E-state index >= 15 is 0 Å². The maximum absolute atomic E-state index is 2.37. The van der Waals surface area contributed by atoms with Gasteiger partial charge in [-0.2, -0.15) is 0 Å². The second-order valence-electron chi connectivity index (χ2n) is 11.6. The molecule has 0 heterocycles. The SMILES string of the molecule is c1cc(-c2ccc3ccccc3c2)cc(-c2c3ccccc3c(-c3cccc4c3Cc3ccccc3-4)c3ccccc23)c1. The van der Waals surface area contributed by atoms with E-state index in [1.165, 1.54) is 88.0 Å². The van der Waals surface area contributed by atoms with Gasteiger partial charge in [-0.3, -0.25) is 0 Å². The summed E-state index contributed by atoms with van der Waals surface area (Å²) < 4.78 is 0. The van der Waals surface area contributed by atoms with E-state index in [4.69, 9.17) is 0 Å². The molecule has 0 unspecified atom stereocenters. The Bertz CT molecular complexity index is 2320. The number of rotatable bonds is 3. The van der Waals surface area contributed by atoms with Crippen LogP contribution in [-0.4, -0.2) is 0 Å². The lowest BCUT2D eigenvalue weighted by Crippen LogP contribution is -1.94. The Balaban J connectivity index is 1.30. The Morgan fingerprint density at radius 3 is 1.67 bits per heavy atom. The van der Waals surface area contributed by atoms with Crippen molar-refractivity contribution in [2.75, 3.05) is 0 Å². The summed E-state index contributed by atoms with van der Waals surface area (Å²) in [6.07, 6.45) is 0.972. The van der Waals surface area contributed by atoms with Crippen molar-refractivity contribution in [3.05, 3.63) is 169 Å². The molecule has 0 fully saturated rings. The number of hydrogen-bond donors (Lipinski definition) is 0. The average molecular weight is 545 g/mol. The molecule has 0 spiro atoms.